The topological polar surface area (TPSA) is 101 Å². The van der Waals surface area contributed by atoms with Crippen LogP contribution in [0.5, 0.6) is 0 Å². The lowest BCUT2D eigenvalue weighted by molar-refractivity contribution is -0.145. The van der Waals surface area contributed by atoms with E-state index in [1.807, 2.05) is 19.1 Å². The minimum Gasteiger partial charge on any atom is -0.383 e. The molecule has 3 rings (SSSR count). The Hall–Kier alpha value is -2.96. The number of nitrogen functional groups attached to an aromatic ring is 1. The van der Waals surface area contributed by atoms with E-state index in [4.69, 9.17) is 5.73 Å². The van der Waals surface area contributed by atoms with Crippen molar-refractivity contribution in [3.63, 3.8) is 0 Å². The molecule has 0 unspecified atom stereocenters. The van der Waals surface area contributed by atoms with Crippen molar-refractivity contribution in [3.8, 4) is 0 Å². The predicted octanol–water partition coefficient (Wildman–Crippen LogP) is 2.37. The second-order valence-electron chi connectivity index (χ2n) is 6.62. The second kappa shape index (κ2) is 7.51. The van der Waals surface area contributed by atoms with Crippen molar-refractivity contribution >= 4 is 23.3 Å². The Labute approximate surface area is 152 Å². The maximum atomic E-state index is 12.8. The number of pyridine rings is 2. The standard InChI is InChI=1S/C19H23N5O2/c1-12-9-15(11-22-17(12)20)23-18(25)19(26)24-8-4-3-5-16(24)14-6-7-21-13(2)10-14/h6-7,9-11,16H,3-5,8H2,1-2H3,(H2,20,22)(H,23,25)/t16-/m0/s1. The molecule has 0 bridgehead atoms. The Morgan fingerprint density at radius 2 is 2.04 bits per heavy atom. The number of hydrogen-bond acceptors (Lipinski definition) is 5. The van der Waals surface area contributed by atoms with E-state index in [-0.39, 0.29) is 6.04 Å². The molecule has 0 spiro atoms. The molecule has 7 heteroatoms. The van der Waals surface area contributed by atoms with Gasteiger partial charge >= 0.3 is 11.8 Å². The zero-order valence-corrected chi connectivity index (χ0v) is 15.0. The summed E-state index contributed by atoms with van der Waals surface area (Å²) in [5, 5.41) is 2.63. The van der Waals surface area contributed by atoms with E-state index in [9.17, 15) is 9.59 Å². The third-order valence-electron chi connectivity index (χ3n) is 4.64. The molecule has 0 saturated carbocycles. The predicted molar refractivity (Wildman–Crippen MR) is 99.3 cm³/mol. The van der Waals surface area contributed by atoms with Gasteiger partial charge in [0.05, 0.1) is 17.9 Å². The van der Waals surface area contributed by atoms with E-state index in [0.29, 0.717) is 18.1 Å². The molecule has 1 saturated heterocycles. The van der Waals surface area contributed by atoms with Crippen molar-refractivity contribution < 1.29 is 9.59 Å². The highest BCUT2D eigenvalue weighted by Crippen LogP contribution is 2.31. The summed E-state index contributed by atoms with van der Waals surface area (Å²) in [5.41, 5.74) is 8.81. The maximum absolute atomic E-state index is 12.8. The monoisotopic (exact) mass is 353 g/mol. The van der Waals surface area contributed by atoms with Crippen LogP contribution in [0, 0.1) is 13.8 Å². The molecule has 2 aromatic heterocycles. The molecule has 7 nitrogen and oxygen atoms in total. The van der Waals surface area contributed by atoms with Gasteiger partial charge in [0.2, 0.25) is 0 Å². The van der Waals surface area contributed by atoms with E-state index in [1.54, 1.807) is 24.1 Å². The molecule has 3 heterocycles. The summed E-state index contributed by atoms with van der Waals surface area (Å²) in [4.78, 5) is 35.1. The Morgan fingerprint density at radius 1 is 1.23 bits per heavy atom. The van der Waals surface area contributed by atoms with Gasteiger partial charge < -0.3 is 16.0 Å². The van der Waals surface area contributed by atoms with Gasteiger partial charge in [-0.15, -0.1) is 0 Å². The first-order valence-corrected chi connectivity index (χ1v) is 8.72. The summed E-state index contributed by atoms with van der Waals surface area (Å²) < 4.78 is 0. The van der Waals surface area contributed by atoms with Crippen LogP contribution in [0.25, 0.3) is 0 Å². The summed E-state index contributed by atoms with van der Waals surface area (Å²) in [5.74, 6) is -0.786. The average molecular weight is 353 g/mol. The lowest BCUT2D eigenvalue weighted by Gasteiger charge is -2.35. The normalized spacial score (nSPS) is 17.0. The van der Waals surface area contributed by atoms with Crippen molar-refractivity contribution in [2.24, 2.45) is 0 Å². The fourth-order valence-corrected chi connectivity index (χ4v) is 3.26. The number of nitrogens with one attached hydrogen (secondary N) is 1. The molecule has 136 valence electrons. The van der Waals surface area contributed by atoms with Crippen LogP contribution in [0.2, 0.25) is 0 Å². The highest BCUT2D eigenvalue weighted by Gasteiger charge is 2.32. The molecular weight excluding hydrogens is 330 g/mol. The van der Waals surface area contributed by atoms with Crippen LogP contribution in [-0.2, 0) is 9.59 Å². The van der Waals surface area contributed by atoms with Crippen molar-refractivity contribution in [1.82, 2.24) is 14.9 Å². The fraction of sp³-hybridized carbons (Fsp3) is 0.368. The van der Waals surface area contributed by atoms with E-state index in [0.717, 1.165) is 36.1 Å². The first-order chi connectivity index (χ1) is 12.5. The summed E-state index contributed by atoms with van der Waals surface area (Å²) in [6, 6.07) is 5.48. The van der Waals surface area contributed by atoms with Gasteiger partial charge in [0.1, 0.15) is 5.82 Å². The van der Waals surface area contributed by atoms with Gasteiger partial charge in [0, 0.05) is 18.4 Å². The molecule has 1 atom stereocenters. The zero-order chi connectivity index (χ0) is 18.7. The number of aromatic nitrogens is 2. The van der Waals surface area contributed by atoms with Crippen LogP contribution >= 0.6 is 0 Å². The van der Waals surface area contributed by atoms with Crippen LogP contribution in [0.3, 0.4) is 0 Å². The van der Waals surface area contributed by atoms with E-state index < -0.39 is 11.8 Å². The summed E-state index contributed by atoms with van der Waals surface area (Å²) >= 11 is 0. The van der Waals surface area contributed by atoms with Gasteiger partial charge in [-0.25, -0.2) is 4.98 Å². The number of likely N-dealkylation sites (tertiary alicyclic amines) is 1. The number of carbonyl (C=O) groups is 2. The Kier molecular flexibility index (Phi) is 5.16. The number of anilines is 2. The van der Waals surface area contributed by atoms with Gasteiger partial charge in [0.25, 0.3) is 0 Å². The Balaban J connectivity index is 1.77. The van der Waals surface area contributed by atoms with Crippen molar-refractivity contribution in [2.45, 2.75) is 39.2 Å². The SMILES string of the molecule is Cc1cc([C@@H]2CCCCN2C(=O)C(=O)Nc2cnc(N)c(C)c2)ccn1. The molecule has 26 heavy (non-hydrogen) atoms. The molecule has 0 radical (unpaired) electrons. The van der Waals surface area contributed by atoms with E-state index in [1.165, 1.54) is 6.20 Å². The molecular formula is C19H23N5O2. The van der Waals surface area contributed by atoms with Gasteiger partial charge in [0.15, 0.2) is 0 Å². The fourth-order valence-electron chi connectivity index (χ4n) is 3.26. The van der Waals surface area contributed by atoms with Crippen LogP contribution in [0.15, 0.2) is 30.6 Å². The molecule has 2 aromatic rings. The van der Waals surface area contributed by atoms with E-state index >= 15 is 0 Å². The first kappa shape index (κ1) is 17.8. The van der Waals surface area contributed by atoms with Gasteiger partial charge in [-0.1, -0.05) is 0 Å². The Morgan fingerprint density at radius 3 is 2.77 bits per heavy atom. The molecule has 0 aliphatic carbocycles. The molecule has 3 N–H and O–H groups in total. The highest BCUT2D eigenvalue weighted by atomic mass is 16.2. The maximum Gasteiger partial charge on any atom is 0.313 e. The van der Waals surface area contributed by atoms with Crippen LogP contribution in [-0.4, -0.2) is 33.2 Å². The molecule has 2 amide bonds. The summed E-state index contributed by atoms with van der Waals surface area (Å²) in [7, 11) is 0. The van der Waals surface area contributed by atoms with Crippen molar-refractivity contribution in [2.75, 3.05) is 17.6 Å². The zero-order valence-electron chi connectivity index (χ0n) is 15.0. The number of hydrogen-bond donors (Lipinski definition) is 2. The van der Waals surface area contributed by atoms with Gasteiger partial charge in [-0.3, -0.25) is 14.6 Å². The number of piperidine rings is 1. The lowest BCUT2D eigenvalue weighted by Crippen LogP contribution is -2.44. The second-order valence-corrected chi connectivity index (χ2v) is 6.62. The van der Waals surface area contributed by atoms with Gasteiger partial charge in [-0.05, 0) is 62.4 Å². The Bertz CT molecular complexity index is 836. The lowest BCUT2D eigenvalue weighted by atomic mass is 9.95. The average Bonchev–Trinajstić information content (AvgIpc) is 2.64. The summed E-state index contributed by atoms with van der Waals surface area (Å²) in [6.07, 6.45) is 5.95. The third-order valence-corrected chi connectivity index (χ3v) is 4.64. The van der Waals surface area contributed by atoms with Crippen LogP contribution in [0.1, 0.15) is 42.1 Å². The minimum absolute atomic E-state index is 0.102. The quantitative estimate of drug-likeness (QED) is 0.807. The third kappa shape index (κ3) is 3.82. The number of aryl methyl sites for hydroxylation is 2. The molecule has 1 aliphatic heterocycles. The smallest absolute Gasteiger partial charge is 0.313 e. The van der Waals surface area contributed by atoms with Gasteiger partial charge in [-0.2, -0.15) is 0 Å². The molecule has 1 fully saturated rings. The number of carbonyl (C=O) groups excluding carboxylic acids is 2. The molecule has 1 aliphatic rings. The number of amides is 2. The number of rotatable bonds is 2. The van der Waals surface area contributed by atoms with Crippen molar-refractivity contribution in [1.29, 1.82) is 0 Å². The number of nitrogens with two attached hydrogens (primary N) is 1. The van der Waals surface area contributed by atoms with Crippen molar-refractivity contribution in [3.05, 3.63) is 47.4 Å². The molecule has 0 aromatic carbocycles. The van der Waals surface area contributed by atoms with Crippen LogP contribution in [0.4, 0.5) is 11.5 Å². The largest absolute Gasteiger partial charge is 0.383 e. The van der Waals surface area contributed by atoms with Crippen LogP contribution < -0.4 is 11.1 Å². The highest BCUT2D eigenvalue weighted by molar-refractivity contribution is 6.39. The summed E-state index contributed by atoms with van der Waals surface area (Å²) in [6.45, 7) is 4.28. The minimum atomic E-state index is -0.659. The first-order valence-electron chi connectivity index (χ1n) is 8.72. The number of nitrogens with zero attached hydrogens (tertiary/aromatic N) is 3. The van der Waals surface area contributed by atoms with E-state index in [2.05, 4.69) is 15.3 Å².